The number of carbonyl (C=O) groups is 2. The van der Waals surface area contributed by atoms with Crippen molar-refractivity contribution in [3.8, 4) is 0 Å². The summed E-state index contributed by atoms with van der Waals surface area (Å²) in [5.74, 6) is 0.584. The van der Waals surface area contributed by atoms with Gasteiger partial charge in [0, 0.05) is 37.9 Å². The van der Waals surface area contributed by atoms with Crippen LogP contribution in [0.25, 0.3) is 5.65 Å². The lowest BCUT2D eigenvalue weighted by Gasteiger charge is -2.37. The molecule has 0 aliphatic carbocycles. The molecular weight excluding hydrogens is 272 g/mol. The Balaban J connectivity index is 1.59. The van der Waals surface area contributed by atoms with E-state index in [1.54, 1.807) is 12.4 Å². The molecule has 0 aromatic carbocycles. The van der Waals surface area contributed by atoms with Gasteiger partial charge in [-0.1, -0.05) is 0 Å². The van der Waals surface area contributed by atoms with Gasteiger partial charge in [0.15, 0.2) is 11.5 Å². The SMILES string of the molecule is O=C1NC(=O)C2(CCN(c3nccn4ccnc34)CC2)N1. The van der Waals surface area contributed by atoms with Crippen molar-refractivity contribution >= 4 is 23.4 Å². The molecule has 0 saturated carbocycles. The first-order valence-electron chi connectivity index (χ1n) is 6.84. The minimum absolute atomic E-state index is 0.223. The van der Waals surface area contributed by atoms with Gasteiger partial charge in [0.2, 0.25) is 0 Å². The fourth-order valence-corrected chi connectivity index (χ4v) is 3.04. The fraction of sp³-hybridized carbons (Fsp3) is 0.385. The van der Waals surface area contributed by atoms with Gasteiger partial charge in [0.1, 0.15) is 5.54 Å². The molecule has 2 N–H and O–H groups in total. The molecule has 2 fully saturated rings. The molecule has 8 heteroatoms. The normalized spacial score (nSPS) is 20.9. The number of aromatic nitrogens is 3. The smallest absolute Gasteiger partial charge is 0.322 e. The van der Waals surface area contributed by atoms with E-state index in [4.69, 9.17) is 0 Å². The summed E-state index contributed by atoms with van der Waals surface area (Å²) in [4.78, 5) is 34.1. The van der Waals surface area contributed by atoms with Crippen LogP contribution in [0.3, 0.4) is 0 Å². The van der Waals surface area contributed by atoms with Crippen LogP contribution in [0.15, 0.2) is 24.8 Å². The molecular formula is C13H14N6O2. The Labute approximate surface area is 120 Å². The van der Waals surface area contributed by atoms with Crippen molar-refractivity contribution in [2.45, 2.75) is 18.4 Å². The van der Waals surface area contributed by atoms with E-state index >= 15 is 0 Å². The summed E-state index contributed by atoms with van der Waals surface area (Å²) in [6.45, 7) is 1.29. The van der Waals surface area contributed by atoms with E-state index in [1.807, 2.05) is 16.8 Å². The number of hydrogen-bond acceptors (Lipinski definition) is 5. The summed E-state index contributed by atoms with van der Waals surface area (Å²) in [7, 11) is 0. The monoisotopic (exact) mass is 286 g/mol. The predicted octanol–water partition coefficient (Wildman–Crippen LogP) is -0.0923. The number of rotatable bonds is 1. The molecule has 2 aromatic rings. The van der Waals surface area contributed by atoms with Crippen LogP contribution >= 0.6 is 0 Å². The average Bonchev–Trinajstić information content (AvgIpc) is 3.05. The second-order valence-corrected chi connectivity index (χ2v) is 5.39. The minimum atomic E-state index is -0.756. The fourth-order valence-electron chi connectivity index (χ4n) is 3.04. The van der Waals surface area contributed by atoms with Crippen LogP contribution in [0.1, 0.15) is 12.8 Å². The second kappa shape index (κ2) is 4.18. The Kier molecular flexibility index (Phi) is 2.41. The van der Waals surface area contributed by atoms with Crippen molar-refractivity contribution in [1.82, 2.24) is 25.0 Å². The number of imidazole rings is 1. The van der Waals surface area contributed by atoms with Crippen LogP contribution in [0.5, 0.6) is 0 Å². The number of anilines is 1. The van der Waals surface area contributed by atoms with E-state index in [0.29, 0.717) is 25.9 Å². The molecule has 3 amide bonds. The second-order valence-electron chi connectivity index (χ2n) is 5.39. The number of urea groups is 1. The molecule has 8 nitrogen and oxygen atoms in total. The third kappa shape index (κ3) is 1.75. The zero-order chi connectivity index (χ0) is 14.4. The number of amides is 3. The largest absolute Gasteiger partial charge is 0.353 e. The van der Waals surface area contributed by atoms with Crippen LogP contribution in [0, 0.1) is 0 Å². The van der Waals surface area contributed by atoms with Crippen LogP contribution < -0.4 is 15.5 Å². The molecule has 108 valence electrons. The van der Waals surface area contributed by atoms with E-state index in [2.05, 4.69) is 25.5 Å². The summed E-state index contributed by atoms with van der Waals surface area (Å²) in [5, 5.41) is 5.07. The molecule has 21 heavy (non-hydrogen) atoms. The lowest BCUT2D eigenvalue weighted by Crippen LogP contribution is -2.55. The number of hydrogen-bond donors (Lipinski definition) is 2. The molecule has 4 heterocycles. The van der Waals surface area contributed by atoms with Crippen molar-refractivity contribution in [1.29, 1.82) is 0 Å². The molecule has 2 saturated heterocycles. The van der Waals surface area contributed by atoms with Gasteiger partial charge < -0.3 is 14.6 Å². The van der Waals surface area contributed by atoms with Gasteiger partial charge in [0.05, 0.1) is 0 Å². The van der Waals surface area contributed by atoms with Crippen molar-refractivity contribution in [2.24, 2.45) is 0 Å². The van der Waals surface area contributed by atoms with Gasteiger partial charge in [-0.25, -0.2) is 14.8 Å². The van der Waals surface area contributed by atoms with Crippen LogP contribution in [-0.2, 0) is 4.79 Å². The molecule has 0 bridgehead atoms. The van der Waals surface area contributed by atoms with Gasteiger partial charge in [-0.2, -0.15) is 0 Å². The zero-order valence-electron chi connectivity index (χ0n) is 11.2. The van der Waals surface area contributed by atoms with E-state index in [1.165, 1.54) is 0 Å². The predicted molar refractivity (Wildman–Crippen MR) is 73.8 cm³/mol. The Morgan fingerprint density at radius 2 is 1.81 bits per heavy atom. The summed E-state index contributed by atoms with van der Waals surface area (Å²) in [6, 6.07) is -0.401. The number of piperidine rings is 1. The van der Waals surface area contributed by atoms with Gasteiger partial charge >= 0.3 is 6.03 Å². The number of carbonyl (C=O) groups excluding carboxylic acids is 2. The van der Waals surface area contributed by atoms with E-state index in [0.717, 1.165) is 11.5 Å². The quantitative estimate of drug-likeness (QED) is 0.715. The summed E-state index contributed by atoms with van der Waals surface area (Å²) in [5.41, 5.74) is 0.0435. The van der Waals surface area contributed by atoms with Gasteiger partial charge in [-0.15, -0.1) is 0 Å². The molecule has 2 aromatic heterocycles. The third-order valence-corrected chi connectivity index (χ3v) is 4.22. The summed E-state index contributed by atoms with van der Waals surface area (Å²) in [6.07, 6.45) is 8.32. The molecule has 0 atom stereocenters. The van der Waals surface area contributed by atoms with Gasteiger partial charge in [0.25, 0.3) is 5.91 Å². The van der Waals surface area contributed by atoms with Gasteiger partial charge in [-0.3, -0.25) is 10.1 Å². The van der Waals surface area contributed by atoms with Crippen molar-refractivity contribution < 1.29 is 9.59 Å². The van der Waals surface area contributed by atoms with E-state index < -0.39 is 11.6 Å². The highest BCUT2D eigenvalue weighted by atomic mass is 16.2. The van der Waals surface area contributed by atoms with Crippen molar-refractivity contribution in [3.63, 3.8) is 0 Å². The van der Waals surface area contributed by atoms with Crippen LogP contribution in [0.2, 0.25) is 0 Å². The maximum Gasteiger partial charge on any atom is 0.322 e. The minimum Gasteiger partial charge on any atom is -0.353 e. The number of imide groups is 1. The van der Waals surface area contributed by atoms with E-state index in [9.17, 15) is 9.59 Å². The number of nitrogens with zero attached hydrogens (tertiary/aromatic N) is 4. The Morgan fingerprint density at radius 3 is 2.48 bits per heavy atom. The molecule has 0 unspecified atom stereocenters. The Bertz CT molecular complexity index is 731. The van der Waals surface area contributed by atoms with Crippen molar-refractivity contribution in [3.05, 3.63) is 24.8 Å². The average molecular weight is 286 g/mol. The highest BCUT2D eigenvalue weighted by Gasteiger charge is 2.48. The first-order valence-corrected chi connectivity index (χ1v) is 6.84. The summed E-state index contributed by atoms with van der Waals surface area (Å²) < 4.78 is 1.91. The van der Waals surface area contributed by atoms with Crippen molar-refractivity contribution in [2.75, 3.05) is 18.0 Å². The maximum absolute atomic E-state index is 11.9. The molecule has 1 spiro atoms. The molecule has 2 aliphatic rings. The number of nitrogens with one attached hydrogen (secondary N) is 2. The Morgan fingerprint density at radius 1 is 1.10 bits per heavy atom. The topological polar surface area (TPSA) is 91.6 Å². The van der Waals surface area contributed by atoms with Crippen LogP contribution in [-0.4, -0.2) is 44.9 Å². The highest BCUT2D eigenvalue weighted by Crippen LogP contribution is 2.29. The maximum atomic E-state index is 11.9. The lowest BCUT2D eigenvalue weighted by atomic mass is 9.88. The standard InChI is InChI=1S/C13H14N6O2/c20-11-13(17-12(21)16-11)1-5-18(6-2-13)9-10-15-4-8-19(10)7-3-14-9/h3-4,7-8H,1-2,5-6H2,(H2,16,17,20,21). The highest BCUT2D eigenvalue weighted by molar-refractivity contribution is 6.07. The summed E-state index contributed by atoms with van der Waals surface area (Å²) >= 11 is 0. The van der Waals surface area contributed by atoms with E-state index in [-0.39, 0.29) is 5.91 Å². The first kappa shape index (κ1) is 12.1. The van der Waals surface area contributed by atoms with Crippen LogP contribution in [0.4, 0.5) is 10.6 Å². The lowest BCUT2D eigenvalue weighted by molar-refractivity contribution is -0.124. The number of fused-ring (bicyclic) bond motifs is 1. The first-order chi connectivity index (χ1) is 10.2. The zero-order valence-corrected chi connectivity index (χ0v) is 11.2. The molecule has 0 radical (unpaired) electrons. The van der Waals surface area contributed by atoms with Gasteiger partial charge in [-0.05, 0) is 12.8 Å². The Hall–Kier alpha value is -2.64. The molecule has 2 aliphatic heterocycles. The third-order valence-electron chi connectivity index (χ3n) is 4.22. The molecule has 4 rings (SSSR count).